The molecule has 5 rings (SSSR count). The second-order valence-electron chi connectivity index (χ2n) is 12.1. The maximum Gasteiger partial charge on any atom is 0.268 e. The number of rotatable bonds is 11. The lowest BCUT2D eigenvalue weighted by Crippen LogP contribution is -2.66. The number of nitrogens with zero attached hydrogens (tertiary/aromatic N) is 3. The fourth-order valence-corrected chi connectivity index (χ4v) is 6.90. The minimum atomic E-state index is -0.918. The van der Waals surface area contributed by atoms with Crippen molar-refractivity contribution in [2.24, 2.45) is 0 Å². The average Bonchev–Trinajstić information content (AvgIpc) is 3.07. The Morgan fingerprint density at radius 3 is 2.29 bits per heavy atom. The maximum atomic E-state index is 13.8. The fraction of sp³-hybridized carbons (Fsp3) is 0.417. The topological polar surface area (TPSA) is 73.0 Å². The second kappa shape index (κ2) is 15.3. The van der Waals surface area contributed by atoms with E-state index in [-0.39, 0.29) is 17.7 Å². The summed E-state index contributed by atoms with van der Waals surface area (Å²) in [4.78, 5) is 42.6. The number of nitrogens with one attached hydrogen (secondary N) is 1. The summed E-state index contributed by atoms with van der Waals surface area (Å²) in [5.74, 6) is -0.131. The summed E-state index contributed by atoms with van der Waals surface area (Å²) in [7, 11) is 1.80. The van der Waals surface area contributed by atoms with Gasteiger partial charge < -0.3 is 10.2 Å². The predicted octanol–water partition coefficient (Wildman–Crippen LogP) is 6.71. The first kappa shape index (κ1) is 33.0. The number of carbonyl (C=O) groups excluding carboxylic acids is 3. The van der Waals surface area contributed by atoms with E-state index in [9.17, 15) is 14.4 Å². The van der Waals surface area contributed by atoms with Crippen LogP contribution in [0.15, 0.2) is 72.8 Å². The first-order chi connectivity index (χ1) is 21.8. The summed E-state index contributed by atoms with van der Waals surface area (Å²) >= 11 is 12.2. The number of likely N-dealkylation sites (tertiary alicyclic amines) is 1. The van der Waals surface area contributed by atoms with Gasteiger partial charge in [-0.3, -0.25) is 19.4 Å². The van der Waals surface area contributed by atoms with Crippen LogP contribution in [-0.2, 0) is 29.0 Å². The number of benzene rings is 3. The van der Waals surface area contributed by atoms with Gasteiger partial charge >= 0.3 is 0 Å². The van der Waals surface area contributed by atoms with Crippen LogP contribution in [0.1, 0.15) is 72.0 Å². The van der Waals surface area contributed by atoms with E-state index >= 15 is 0 Å². The van der Waals surface area contributed by atoms with Gasteiger partial charge in [0.25, 0.3) is 5.91 Å². The third-order valence-corrected chi connectivity index (χ3v) is 9.98. The van der Waals surface area contributed by atoms with E-state index in [0.29, 0.717) is 61.1 Å². The number of piperidine rings is 2. The van der Waals surface area contributed by atoms with Crippen molar-refractivity contribution in [3.05, 3.63) is 105 Å². The molecule has 7 nitrogen and oxygen atoms in total. The Labute approximate surface area is 276 Å². The van der Waals surface area contributed by atoms with Crippen molar-refractivity contribution >= 4 is 40.9 Å². The van der Waals surface area contributed by atoms with Gasteiger partial charge in [-0.05, 0) is 86.3 Å². The van der Waals surface area contributed by atoms with Crippen LogP contribution in [0.5, 0.6) is 0 Å². The van der Waals surface area contributed by atoms with Crippen molar-refractivity contribution in [3.63, 3.8) is 0 Å². The van der Waals surface area contributed by atoms with Gasteiger partial charge in [0.2, 0.25) is 11.8 Å². The molecular weight excluding hydrogens is 607 g/mol. The Kier molecular flexibility index (Phi) is 11.2. The highest BCUT2D eigenvalue weighted by Crippen LogP contribution is 2.34. The molecule has 238 valence electrons. The van der Waals surface area contributed by atoms with Gasteiger partial charge in [0, 0.05) is 45.2 Å². The highest BCUT2D eigenvalue weighted by Gasteiger charge is 2.49. The van der Waals surface area contributed by atoms with Gasteiger partial charge in [-0.2, -0.15) is 0 Å². The molecule has 2 saturated heterocycles. The zero-order valence-electron chi connectivity index (χ0n) is 25.9. The SMILES string of the molecule is CN(C(=O)c1ccccc1CCCCc1ccc(Cl)c(Cl)c1)N1CCC(C(=O)NCc2ccccc2)(N2CCCCC2=O)CC1. The summed E-state index contributed by atoms with van der Waals surface area (Å²) < 4.78 is 0. The molecule has 0 aromatic heterocycles. The number of aryl methyl sites for hydroxylation is 2. The monoisotopic (exact) mass is 648 g/mol. The number of unbranched alkanes of at least 4 members (excludes halogenated alkanes) is 1. The molecule has 2 aliphatic heterocycles. The van der Waals surface area contributed by atoms with Crippen LogP contribution in [0.2, 0.25) is 10.0 Å². The predicted molar refractivity (Wildman–Crippen MR) is 179 cm³/mol. The van der Waals surface area contributed by atoms with Gasteiger partial charge in [-0.15, -0.1) is 0 Å². The van der Waals surface area contributed by atoms with Crippen LogP contribution in [0.4, 0.5) is 0 Å². The first-order valence-electron chi connectivity index (χ1n) is 16.0. The van der Waals surface area contributed by atoms with Crippen molar-refractivity contribution in [2.45, 2.75) is 69.9 Å². The molecule has 0 saturated carbocycles. The maximum absolute atomic E-state index is 13.8. The zero-order valence-corrected chi connectivity index (χ0v) is 27.5. The van der Waals surface area contributed by atoms with Gasteiger partial charge in [0.1, 0.15) is 5.54 Å². The largest absolute Gasteiger partial charge is 0.350 e. The van der Waals surface area contributed by atoms with Crippen LogP contribution in [0, 0.1) is 0 Å². The molecule has 0 unspecified atom stereocenters. The molecule has 0 radical (unpaired) electrons. The first-order valence-corrected chi connectivity index (χ1v) is 16.7. The number of hydrogen-bond donors (Lipinski definition) is 1. The van der Waals surface area contributed by atoms with Crippen molar-refractivity contribution in [1.29, 1.82) is 0 Å². The Bertz CT molecular complexity index is 1490. The lowest BCUT2D eigenvalue weighted by Gasteiger charge is -2.50. The van der Waals surface area contributed by atoms with Gasteiger partial charge in [0.05, 0.1) is 10.0 Å². The van der Waals surface area contributed by atoms with Crippen molar-refractivity contribution in [3.8, 4) is 0 Å². The summed E-state index contributed by atoms with van der Waals surface area (Å²) in [6.45, 7) is 1.99. The highest BCUT2D eigenvalue weighted by atomic mass is 35.5. The van der Waals surface area contributed by atoms with E-state index in [1.54, 1.807) is 12.1 Å². The van der Waals surface area contributed by atoms with Gasteiger partial charge in [-0.25, -0.2) is 5.01 Å². The molecule has 0 bridgehead atoms. The fourth-order valence-electron chi connectivity index (χ4n) is 6.58. The van der Waals surface area contributed by atoms with Crippen LogP contribution in [-0.4, -0.2) is 64.9 Å². The van der Waals surface area contributed by atoms with Crippen molar-refractivity contribution < 1.29 is 14.4 Å². The lowest BCUT2D eigenvalue weighted by molar-refractivity contribution is -0.156. The third-order valence-electron chi connectivity index (χ3n) is 9.24. The van der Waals surface area contributed by atoms with E-state index < -0.39 is 5.54 Å². The average molecular weight is 650 g/mol. The number of halogens is 2. The minimum absolute atomic E-state index is 0.0436. The van der Waals surface area contributed by atoms with Gasteiger partial charge in [-0.1, -0.05) is 77.8 Å². The molecule has 3 aromatic carbocycles. The molecule has 0 atom stereocenters. The number of amides is 3. The minimum Gasteiger partial charge on any atom is -0.350 e. The molecule has 1 N–H and O–H groups in total. The molecule has 2 aliphatic rings. The van der Waals surface area contributed by atoms with E-state index in [1.165, 1.54) is 0 Å². The van der Waals surface area contributed by atoms with Crippen LogP contribution in [0.3, 0.4) is 0 Å². The van der Waals surface area contributed by atoms with E-state index in [1.807, 2.05) is 82.7 Å². The number of carbonyl (C=O) groups is 3. The Hall–Kier alpha value is -3.39. The molecular formula is C36H42Cl2N4O3. The molecule has 9 heteroatoms. The second-order valence-corrected chi connectivity index (χ2v) is 12.9. The Balaban J connectivity index is 1.22. The quantitative estimate of drug-likeness (QED) is 0.235. The Morgan fingerprint density at radius 1 is 0.844 bits per heavy atom. The number of hydrogen-bond acceptors (Lipinski definition) is 4. The zero-order chi connectivity index (χ0) is 31.8. The van der Waals surface area contributed by atoms with Crippen LogP contribution in [0.25, 0.3) is 0 Å². The van der Waals surface area contributed by atoms with Crippen molar-refractivity contribution in [2.75, 3.05) is 26.7 Å². The van der Waals surface area contributed by atoms with Crippen molar-refractivity contribution in [1.82, 2.24) is 20.2 Å². The molecule has 0 spiro atoms. The van der Waals surface area contributed by atoms with E-state index in [0.717, 1.165) is 55.2 Å². The summed E-state index contributed by atoms with van der Waals surface area (Å²) in [5.41, 5.74) is 2.96. The molecule has 2 heterocycles. The van der Waals surface area contributed by atoms with E-state index in [4.69, 9.17) is 23.2 Å². The summed E-state index contributed by atoms with van der Waals surface area (Å²) in [5, 5.41) is 7.96. The highest BCUT2D eigenvalue weighted by molar-refractivity contribution is 6.42. The molecule has 3 amide bonds. The summed E-state index contributed by atoms with van der Waals surface area (Å²) in [6, 6.07) is 23.4. The molecule has 0 aliphatic carbocycles. The molecule has 3 aromatic rings. The Morgan fingerprint density at radius 2 is 1.56 bits per heavy atom. The standard InChI is InChI=1S/C36H42Cl2N4O3/c1-40(34(44)30-16-8-7-15-29(30)14-6-5-11-27-18-19-31(37)32(38)25-27)41-23-20-36(21-24-41,42-22-10-9-17-33(42)43)35(45)39-26-28-12-3-2-4-13-28/h2-4,7-8,12-13,15-16,18-19,25H,5-6,9-11,14,17,20-24,26H2,1H3,(H,39,45). The summed E-state index contributed by atoms with van der Waals surface area (Å²) in [6.07, 6.45) is 6.73. The van der Waals surface area contributed by atoms with Crippen LogP contribution < -0.4 is 5.32 Å². The third kappa shape index (κ3) is 7.89. The lowest BCUT2D eigenvalue weighted by atomic mass is 9.83. The van der Waals surface area contributed by atoms with Gasteiger partial charge in [0.15, 0.2) is 0 Å². The molecule has 2 fully saturated rings. The normalized spacial score (nSPS) is 16.8. The van der Waals surface area contributed by atoms with Crippen LogP contribution >= 0.6 is 23.2 Å². The molecule has 45 heavy (non-hydrogen) atoms. The number of hydrazine groups is 1. The van der Waals surface area contributed by atoms with E-state index in [2.05, 4.69) is 5.32 Å². The smallest absolute Gasteiger partial charge is 0.268 e.